The number of rotatable bonds is 0. The van der Waals surface area contributed by atoms with Gasteiger partial charge in [0.2, 0.25) is 0 Å². The molecule has 0 N–H and O–H groups in total. The molecule has 0 saturated carbocycles. The van der Waals surface area contributed by atoms with Crippen LogP contribution in [0.1, 0.15) is 41.7 Å². The normalized spacial score (nSPS) is 16.1. The molecule has 3 aromatic carbocycles. The monoisotopic (exact) mass is 310 g/mol. The lowest BCUT2D eigenvalue weighted by Crippen LogP contribution is -2.15. The first-order chi connectivity index (χ1) is 11.6. The van der Waals surface area contributed by atoms with Gasteiger partial charge in [-0.1, -0.05) is 67.9 Å². The first kappa shape index (κ1) is 14.0. The van der Waals surface area contributed by atoms with Crippen molar-refractivity contribution in [2.45, 2.75) is 39.0 Å². The predicted molar refractivity (Wildman–Crippen MR) is 102 cm³/mol. The fourth-order valence-corrected chi connectivity index (χ4v) is 4.68. The molecule has 3 aromatic rings. The molecule has 24 heavy (non-hydrogen) atoms. The van der Waals surface area contributed by atoms with E-state index >= 15 is 0 Å². The Morgan fingerprint density at radius 1 is 0.667 bits per heavy atom. The molecule has 0 spiro atoms. The van der Waals surface area contributed by atoms with E-state index in [1.807, 2.05) is 0 Å². The summed E-state index contributed by atoms with van der Waals surface area (Å²) in [6.45, 7) is 6.93. The third kappa shape index (κ3) is 1.74. The minimum absolute atomic E-state index is 0.0857. The lowest BCUT2D eigenvalue weighted by Gasteiger charge is -2.25. The van der Waals surface area contributed by atoms with Gasteiger partial charge in [0.15, 0.2) is 0 Å². The van der Waals surface area contributed by atoms with E-state index in [2.05, 4.69) is 75.4 Å². The topological polar surface area (TPSA) is 0 Å². The minimum Gasteiger partial charge on any atom is -0.0619 e. The number of fused-ring (bicyclic) bond motifs is 6. The van der Waals surface area contributed by atoms with E-state index in [0.29, 0.717) is 0 Å². The van der Waals surface area contributed by atoms with Crippen LogP contribution in [0.15, 0.2) is 54.6 Å². The van der Waals surface area contributed by atoms with Crippen molar-refractivity contribution >= 4 is 0 Å². The van der Waals surface area contributed by atoms with Crippen molar-refractivity contribution in [3.05, 3.63) is 82.4 Å². The quantitative estimate of drug-likeness (QED) is 0.473. The Morgan fingerprint density at radius 3 is 2.29 bits per heavy atom. The van der Waals surface area contributed by atoms with Crippen LogP contribution in [-0.4, -0.2) is 0 Å². The average Bonchev–Trinajstić information content (AvgIpc) is 2.81. The van der Waals surface area contributed by atoms with Gasteiger partial charge < -0.3 is 0 Å². The third-order valence-electron chi connectivity index (χ3n) is 6.03. The second-order valence-electron chi connectivity index (χ2n) is 7.89. The maximum Gasteiger partial charge on any atom is 0.0159 e. The molecule has 0 nitrogen and oxygen atoms in total. The van der Waals surface area contributed by atoms with Gasteiger partial charge in [0.25, 0.3) is 0 Å². The highest BCUT2D eigenvalue weighted by Gasteiger charge is 2.36. The van der Waals surface area contributed by atoms with Gasteiger partial charge >= 0.3 is 0 Å². The molecule has 0 aliphatic heterocycles. The second kappa shape index (κ2) is 4.60. The van der Waals surface area contributed by atoms with E-state index in [4.69, 9.17) is 0 Å². The number of hydrogen-bond acceptors (Lipinski definition) is 0. The van der Waals surface area contributed by atoms with Crippen LogP contribution in [0.3, 0.4) is 0 Å². The number of benzene rings is 3. The van der Waals surface area contributed by atoms with Crippen molar-refractivity contribution in [2.24, 2.45) is 0 Å². The molecule has 0 aromatic heterocycles. The summed E-state index contributed by atoms with van der Waals surface area (Å²) in [7, 11) is 0. The van der Waals surface area contributed by atoms with Gasteiger partial charge in [0, 0.05) is 5.41 Å². The van der Waals surface area contributed by atoms with Crippen LogP contribution < -0.4 is 0 Å². The summed E-state index contributed by atoms with van der Waals surface area (Å²) in [6, 6.07) is 20.8. The Balaban J connectivity index is 1.81. The predicted octanol–water partition coefficient (Wildman–Crippen LogP) is 6.07. The lowest BCUT2D eigenvalue weighted by molar-refractivity contribution is 0.660. The summed E-state index contributed by atoms with van der Waals surface area (Å²) < 4.78 is 0. The molecular formula is C24H22. The minimum atomic E-state index is 0.0857. The van der Waals surface area contributed by atoms with Crippen LogP contribution in [-0.2, 0) is 18.3 Å². The molecule has 0 bridgehead atoms. The maximum atomic E-state index is 2.49. The molecule has 0 heterocycles. The highest BCUT2D eigenvalue weighted by molar-refractivity contribution is 5.86. The van der Waals surface area contributed by atoms with Crippen LogP contribution in [0, 0.1) is 6.92 Å². The van der Waals surface area contributed by atoms with Crippen molar-refractivity contribution in [2.75, 3.05) is 0 Å². The summed E-state index contributed by atoms with van der Waals surface area (Å²) >= 11 is 0. The van der Waals surface area contributed by atoms with Gasteiger partial charge in [-0.05, 0) is 70.3 Å². The molecular weight excluding hydrogens is 288 g/mol. The Morgan fingerprint density at radius 2 is 1.42 bits per heavy atom. The molecule has 0 atom stereocenters. The molecule has 0 heteroatoms. The largest absolute Gasteiger partial charge is 0.0619 e. The number of aryl methyl sites for hydroxylation is 3. The van der Waals surface area contributed by atoms with Crippen molar-refractivity contribution in [1.82, 2.24) is 0 Å². The van der Waals surface area contributed by atoms with Crippen molar-refractivity contribution in [3.63, 3.8) is 0 Å². The summed E-state index contributed by atoms with van der Waals surface area (Å²) in [6.07, 6.45) is 2.31. The zero-order valence-corrected chi connectivity index (χ0v) is 14.6. The SMILES string of the molecule is Cc1ccc2c(c1)-c1cc3c(cc1CC2)-c1ccccc1C3(C)C. The molecule has 5 rings (SSSR count). The highest BCUT2D eigenvalue weighted by atomic mass is 14.4. The van der Waals surface area contributed by atoms with E-state index in [0.717, 1.165) is 12.8 Å². The van der Waals surface area contributed by atoms with Crippen LogP contribution >= 0.6 is 0 Å². The van der Waals surface area contributed by atoms with E-state index in [-0.39, 0.29) is 5.41 Å². The Labute approximate surface area is 144 Å². The fraction of sp³-hybridized carbons (Fsp3) is 0.250. The van der Waals surface area contributed by atoms with Gasteiger partial charge in [-0.3, -0.25) is 0 Å². The smallest absolute Gasteiger partial charge is 0.0159 e. The molecule has 0 radical (unpaired) electrons. The van der Waals surface area contributed by atoms with Gasteiger partial charge in [-0.2, -0.15) is 0 Å². The Bertz CT molecular complexity index is 989. The summed E-state index contributed by atoms with van der Waals surface area (Å²) in [4.78, 5) is 0. The number of hydrogen-bond donors (Lipinski definition) is 0. The summed E-state index contributed by atoms with van der Waals surface area (Å²) in [5, 5.41) is 0. The summed E-state index contributed by atoms with van der Waals surface area (Å²) in [5.74, 6) is 0. The van der Waals surface area contributed by atoms with Gasteiger partial charge in [0.05, 0.1) is 0 Å². The first-order valence-corrected chi connectivity index (χ1v) is 8.93. The molecule has 0 fully saturated rings. The molecule has 118 valence electrons. The maximum absolute atomic E-state index is 2.49. The van der Waals surface area contributed by atoms with Gasteiger partial charge in [0.1, 0.15) is 0 Å². The summed E-state index contributed by atoms with van der Waals surface area (Å²) in [5.41, 5.74) is 13.2. The van der Waals surface area contributed by atoms with Crippen LogP contribution in [0.25, 0.3) is 22.3 Å². The van der Waals surface area contributed by atoms with Crippen molar-refractivity contribution < 1.29 is 0 Å². The zero-order chi connectivity index (χ0) is 16.5. The molecule has 0 amide bonds. The third-order valence-corrected chi connectivity index (χ3v) is 6.03. The first-order valence-electron chi connectivity index (χ1n) is 8.93. The van der Waals surface area contributed by atoms with Gasteiger partial charge in [-0.25, -0.2) is 0 Å². The van der Waals surface area contributed by atoms with E-state index in [1.54, 1.807) is 0 Å². The van der Waals surface area contributed by atoms with Crippen LogP contribution in [0.5, 0.6) is 0 Å². The second-order valence-corrected chi connectivity index (χ2v) is 7.89. The Kier molecular flexibility index (Phi) is 2.69. The van der Waals surface area contributed by atoms with Gasteiger partial charge in [-0.15, -0.1) is 0 Å². The van der Waals surface area contributed by atoms with E-state index in [9.17, 15) is 0 Å². The zero-order valence-electron chi connectivity index (χ0n) is 14.6. The van der Waals surface area contributed by atoms with E-state index in [1.165, 1.54) is 50.1 Å². The standard InChI is InChI=1S/C24H22/c1-15-8-9-16-10-11-17-13-21-18-6-4-5-7-22(18)24(2,3)23(21)14-20(17)19(16)12-15/h4-9,12-14H,10-11H2,1-3H3. The molecule has 0 saturated heterocycles. The van der Waals surface area contributed by atoms with E-state index < -0.39 is 0 Å². The molecule has 2 aliphatic rings. The van der Waals surface area contributed by atoms with Crippen LogP contribution in [0.2, 0.25) is 0 Å². The lowest BCUT2D eigenvalue weighted by atomic mass is 9.78. The average molecular weight is 310 g/mol. The molecule has 2 aliphatic carbocycles. The highest BCUT2D eigenvalue weighted by Crippen LogP contribution is 2.51. The van der Waals surface area contributed by atoms with Crippen molar-refractivity contribution in [3.8, 4) is 22.3 Å². The molecule has 0 unspecified atom stereocenters. The van der Waals surface area contributed by atoms with Crippen LogP contribution in [0.4, 0.5) is 0 Å². The Hall–Kier alpha value is -2.34. The fourth-order valence-electron chi connectivity index (χ4n) is 4.68. The van der Waals surface area contributed by atoms with Crippen molar-refractivity contribution in [1.29, 1.82) is 0 Å².